The largest absolute Gasteiger partial charge is 0.339 e. The molecule has 1 aliphatic heterocycles. The first-order valence-corrected chi connectivity index (χ1v) is 9.01. The van der Waals surface area contributed by atoms with Crippen LogP contribution in [0.2, 0.25) is 0 Å². The van der Waals surface area contributed by atoms with Crippen molar-refractivity contribution in [2.24, 2.45) is 5.92 Å². The van der Waals surface area contributed by atoms with Crippen molar-refractivity contribution in [1.29, 1.82) is 0 Å². The van der Waals surface area contributed by atoms with Crippen molar-refractivity contribution in [2.45, 2.75) is 51.5 Å². The summed E-state index contributed by atoms with van der Waals surface area (Å²) in [6.45, 7) is 1.98. The summed E-state index contributed by atoms with van der Waals surface area (Å²) in [5.41, 5.74) is 1.35. The molecule has 1 aliphatic carbocycles. The Morgan fingerprint density at radius 2 is 1.60 bits per heavy atom. The zero-order chi connectivity index (χ0) is 17.8. The van der Waals surface area contributed by atoms with Gasteiger partial charge in [-0.25, -0.2) is 0 Å². The quantitative estimate of drug-likeness (QED) is 0.882. The summed E-state index contributed by atoms with van der Waals surface area (Å²) in [6.07, 6.45) is 6.01. The van der Waals surface area contributed by atoms with Crippen molar-refractivity contribution in [3.8, 4) is 0 Å². The predicted octanol–water partition coefficient (Wildman–Crippen LogP) is 2.76. The van der Waals surface area contributed by atoms with Crippen molar-refractivity contribution in [1.82, 2.24) is 4.90 Å². The topological polar surface area (TPSA) is 78.5 Å². The van der Waals surface area contributed by atoms with E-state index in [2.05, 4.69) is 10.6 Å². The number of rotatable bonds is 4. The molecule has 1 aromatic rings. The first kappa shape index (κ1) is 17.5. The van der Waals surface area contributed by atoms with Gasteiger partial charge in [-0.2, -0.15) is 0 Å². The van der Waals surface area contributed by atoms with Gasteiger partial charge in [0.2, 0.25) is 17.7 Å². The van der Waals surface area contributed by atoms with Gasteiger partial charge in [-0.15, -0.1) is 0 Å². The lowest BCUT2D eigenvalue weighted by molar-refractivity contribution is -0.130. The number of benzene rings is 1. The summed E-state index contributed by atoms with van der Waals surface area (Å²) in [7, 11) is 0. The van der Waals surface area contributed by atoms with E-state index in [4.69, 9.17) is 0 Å². The molecule has 0 bridgehead atoms. The van der Waals surface area contributed by atoms with Crippen LogP contribution in [0.25, 0.3) is 0 Å². The molecule has 1 saturated carbocycles. The van der Waals surface area contributed by atoms with Crippen LogP contribution in [0.15, 0.2) is 24.3 Å². The maximum atomic E-state index is 12.5. The average molecular weight is 343 g/mol. The third-order valence-electron chi connectivity index (χ3n) is 5.02. The second kappa shape index (κ2) is 7.68. The highest BCUT2D eigenvalue weighted by molar-refractivity contribution is 5.97. The lowest BCUT2D eigenvalue weighted by Gasteiger charge is -2.31. The summed E-state index contributed by atoms with van der Waals surface area (Å²) >= 11 is 0. The molecule has 1 aromatic carbocycles. The Morgan fingerprint density at radius 3 is 2.20 bits per heavy atom. The molecule has 0 spiro atoms. The molecular weight excluding hydrogens is 318 g/mol. The van der Waals surface area contributed by atoms with Gasteiger partial charge in [-0.3, -0.25) is 14.4 Å². The van der Waals surface area contributed by atoms with Crippen LogP contribution in [-0.2, 0) is 14.4 Å². The van der Waals surface area contributed by atoms with E-state index in [1.54, 1.807) is 24.3 Å². The summed E-state index contributed by atoms with van der Waals surface area (Å²) < 4.78 is 0. The van der Waals surface area contributed by atoms with E-state index in [9.17, 15) is 14.4 Å². The van der Waals surface area contributed by atoms with Crippen LogP contribution in [0.3, 0.4) is 0 Å². The molecule has 2 aliphatic rings. The number of amides is 3. The molecule has 0 aromatic heterocycles. The number of nitrogens with zero attached hydrogens (tertiary/aromatic N) is 1. The first-order valence-electron chi connectivity index (χ1n) is 9.01. The van der Waals surface area contributed by atoms with Gasteiger partial charge in [0, 0.05) is 37.3 Å². The normalized spacial score (nSPS) is 21.2. The molecule has 3 amide bonds. The Bertz CT molecular complexity index is 650. The molecule has 3 rings (SSSR count). The van der Waals surface area contributed by atoms with Crippen molar-refractivity contribution >= 4 is 29.1 Å². The highest BCUT2D eigenvalue weighted by Gasteiger charge is 2.38. The summed E-state index contributed by atoms with van der Waals surface area (Å²) in [5, 5.41) is 5.56. The molecule has 25 heavy (non-hydrogen) atoms. The first-order chi connectivity index (χ1) is 12.0. The third kappa shape index (κ3) is 4.38. The van der Waals surface area contributed by atoms with Crippen molar-refractivity contribution in [2.75, 3.05) is 17.2 Å². The van der Waals surface area contributed by atoms with Gasteiger partial charge in [-0.05, 0) is 37.1 Å². The Morgan fingerprint density at radius 1 is 1.00 bits per heavy atom. The second-order valence-electron chi connectivity index (χ2n) is 6.99. The minimum absolute atomic E-state index is 0.105. The average Bonchev–Trinajstić information content (AvgIpc) is 2.99. The Hall–Kier alpha value is -2.37. The van der Waals surface area contributed by atoms with Crippen molar-refractivity contribution in [3.63, 3.8) is 0 Å². The molecule has 1 saturated heterocycles. The predicted molar refractivity (Wildman–Crippen MR) is 96.1 cm³/mol. The second-order valence-corrected chi connectivity index (χ2v) is 6.99. The Balaban J connectivity index is 1.56. The molecular formula is C19H25N3O3. The van der Waals surface area contributed by atoms with E-state index in [0.29, 0.717) is 30.4 Å². The van der Waals surface area contributed by atoms with Gasteiger partial charge < -0.3 is 15.5 Å². The summed E-state index contributed by atoms with van der Waals surface area (Å²) in [6, 6.07) is 7.30. The van der Waals surface area contributed by atoms with Gasteiger partial charge in [0.05, 0.1) is 5.92 Å². The molecule has 134 valence electrons. The Labute approximate surface area is 148 Å². The number of hydrogen-bond acceptors (Lipinski definition) is 3. The number of carbonyl (C=O) groups excluding carboxylic acids is 3. The number of anilines is 2. The van der Waals surface area contributed by atoms with E-state index in [1.165, 1.54) is 26.2 Å². The fourth-order valence-electron chi connectivity index (χ4n) is 3.74. The maximum absolute atomic E-state index is 12.5. The van der Waals surface area contributed by atoms with Gasteiger partial charge in [0.1, 0.15) is 0 Å². The highest BCUT2D eigenvalue weighted by atomic mass is 16.2. The number of hydrogen-bond donors (Lipinski definition) is 2. The van der Waals surface area contributed by atoms with Crippen LogP contribution < -0.4 is 10.6 Å². The van der Waals surface area contributed by atoms with Gasteiger partial charge in [0.25, 0.3) is 0 Å². The van der Waals surface area contributed by atoms with E-state index in [0.717, 1.165) is 12.8 Å². The minimum atomic E-state index is -0.288. The zero-order valence-corrected chi connectivity index (χ0v) is 14.6. The van der Waals surface area contributed by atoms with Crippen molar-refractivity contribution in [3.05, 3.63) is 24.3 Å². The van der Waals surface area contributed by atoms with Crippen LogP contribution in [0.4, 0.5) is 11.4 Å². The fraction of sp³-hybridized carbons (Fsp3) is 0.526. The van der Waals surface area contributed by atoms with Crippen molar-refractivity contribution < 1.29 is 14.4 Å². The Kier molecular flexibility index (Phi) is 5.36. The molecule has 1 atom stereocenters. The van der Waals surface area contributed by atoms with Crippen LogP contribution in [0.1, 0.15) is 45.4 Å². The van der Waals surface area contributed by atoms with E-state index in [-0.39, 0.29) is 23.6 Å². The standard InChI is InChI=1S/C19H25N3O3/c1-13(23)20-15-7-9-16(10-8-15)21-19(25)14-11-18(24)22(12-14)17-5-3-2-4-6-17/h7-10,14,17H,2-6,11-12H2,1H3,(H,20,23)(H,21,25)/t14-/m1/s1. The van der Waals surface area contributed by atoms with E-state index < -0.39 is 0 Å². The van der Waals surface area contributed by atoms with E-state index in [1.807, 2.05) is 4.90 Å². The minimum Gasteiger partial charge on any atom is -0.339 e. The third-order valence-corrected chi connectivity index (χ3v) is 5.02. The SMILES string of the molecule is CC(=O)Nc1ccc(NC(=O)[C@@H]2CC(=O)N(C3CCCCC3)C2)cc1. The maximum Gasteiger partial charge on any atom is 0.229 e. The molecule has 1 heterocycles. The van der Waals surface area contributed by atoms with Crippen LogP contribution in [-0.4, -0.2) is 35.2 Å². The smallest absolute Gasteiger partial charge is 0.229 e. The number of nitrogens with one attached hydrogen (secondary N) is 2. The van der Waals surface area contributed by atoms with Gasteiger partial charge in [-0.1, -0.05) is 19.3 Å². The van der Waals surface area contributed by atoms with Gasteiger partial charge >= 0.3 is 0 Å². The molecule has 2 fully saturated rings. The van der Waals surface area contributed by atoms with Crippen LogP contribution >= 0.6 is 0 Å². The van der Waals surface area contributed by atoms with Gasteiger partial charge in [0.15, 0.2) is 0 Å². The van der Waals surface area contributed by atoms with Crippen LogP contribution in [0.5, 0.6) is 0 Å². The molecule has 6 nitrogen and oxygen atoms in total. The number of likely N-dealkylation sites (tertiary alicyclic amines) is 1. The number of carbonyl (C=O) groups is 3. The molecule has 2 N–H and O–H groups in total. The summed E-state index contributed by atoms with van der Waals surface area (Å²) in [5.74, 6) is -0.430. The molecule has 0 radical (unpaired) electrons. The lowest BCUT2D eigenvalue weighted by atomic mass is 9.94. The highest BCUT2D eigenvalue weighted by Crippen LogP contribution is 2.29. The monoisotopic (exact) mass is 343 g/mol. The lowest BCUT2D eigenvalue weighted by Crippen LogP contribution is -2.38. The summed E-state index contributed by atoms with van der Waals surface area (Å²) in [4.78, 5) is 37.7. The zero-order valence-electron chi connectivity index (χ0n) is 14.6. The molecule has 0 unspecified atom stereocenters. The van der Waals surface area contributed by atoms with Crippen LogP contribution in [0, 0.1) is 5.92 Å². The molecule has 6 heteroatoms. The fourth-order valence-corrected chi connectivity index (χ4v) is 3.74. The van der Waals surface area contributed by atoms with E-state index >= 15 is 0 Å².